The molecule has 0 aliphatic heterocycles. The molecule has 0 bridgehead atoms. The lowest BCUT2D eigenvalue weighted by Crippen LogP contribution is -1.71. The fourth-order valence-electron chi connectivity index (χ4n) is 1.20. The van der Waals surface area contributed by atoms with Crippen LogP contribution < -0.4 is 0 Å². The SMILES string of the molecule is c1ccc2cnccc2c1.c1cscn1. The van der Waals surface area contributed by atoms with Crippen molar-refractivity contribution in [1.82, 2.24) is 9.97 Å². The summed E-state index contributed by atoms with van der Waals surface area (Å²) in [6.45, 7) is 0. The monoisotopic (exact) mass is 214 g/mol. The van der Waals surface area contributed by atoms with Gasteiger partial charge >= 0.3 is 0 Å². The van der Waals surface area contributed by atoms with Gasteiger partial charge in [-0.25, -0.2) is 0 Å². The summed E-state index contributed by atoms with van der Waals surface area (Å²) in [4.78, 5) is 7.75. The summed E-state index contributed by atoms with van der Waals surface area (Å²) >= 11 is 1.60. The van der Waals surface area contributed by atoms with E-state index >= 15 is 0 Å². The Morgan fingerprint density at radius 2 is 1.73 bits per heavy atom. The van der Waals surface area contributed by atoms with Crippen LogP contribution in [0.5, 0.6) is 0 Å². The van der Waals surface area contributed by atoms with E-state index in [-0.39, 0.29) is 0 Å². The zero-order valence-electron chi connectivity index (χ0n) is 8.08. The van der Waals surface area contributed by atoms with E-state index in [4.69, 9.17) is 0 Å². The highest BCUT2D eigenvalue weighted by Gasteiger charge is 1.86. The van der Waals surface area contributed by atoms with Crippen molar-refractivity contribution in [2.24, 2.45) is 0 Å². The highest BCUT2D eigenvalue weighted by molar-refractivity contribution is 7.07. The maximum absolute atomic E-state index is 4.01. The number of nitrogens with zero attached hydrogens (tertiary/aromatic N) is 2. The minimum absolute atomic E-state index is 1.20. The van der Waals surface area contributed by atoms with Gasteiger partial charge in [0.25, 0.3) is 0 Å². The molecule has 0 saturated heterocycles. The van der Waals surface area contributed by atoms with E-state index in [2.05, 4.69) is 22.1 Å². The molecule has 0 aliphatic rings. The van der Waals surface area contributed by atoms with Gasteiger partial charge in [-0.3, -0.25) is 9.97 Å². The van der Waals surface area contributed by atoms with Crippen LogP contribution in [0.4, 0.5) is 0 Å². The number of rotatable bonds is 0. The van der Waals surface area contributed by atoms with Crippen LogP contribution in [0.25, 0.3) is 10.8 Å². The Kier molecular flexibility index (Phi) is 3.41. The van der Waals surface area contributed by atoms with E-state index in [1.165, 1.54) is 10.8 Å². The molecule has 2 heterocycles. The molecule has 1 aromatic carbocycles. The number of pyridine rings is 1. The molecule has 0 amide bonds. The summed E-state index contributed by atoms with van der Waals surface area (Å²) in [7, 11) is 0. The van der Waals surface area contributed by atoms with Crippen LogP contribution in [-0.4, -0.2) is 9.97 Å². The number of benzene rings is 1. The second-order valence-electron chi connectivity index (χ2n) is 2.90. The molecule has 0 N–H and O–H groups in total. The predicted molar refractivity (Wildman–Crippen MR) is 63.9 cm³/mol. The van der Waals surface area contributed by atoms with E-state index in [1.807, 2.05) is 36.0 Å². The summed E-state index contributed by atoms with van der Waals surface area (Å²) in [5.41, 5.74) is 1.79. The average molecular weight is 214 g/mol. The zero-order valence-corrected chi connectivity index (χ0v) is 8.89. The van der Waals surface area contributed by atoms with Gasteiger partial charge in [-0.1, -0.05) is 24.3 Å². The second kappa shape index (κ2) is 5.22. The van der Waals surface area contributed by atoms with Gasteiger partial charge in [-0.05, 0) is 16.8 Å². The number of fused-ring (bicyclic) bond motifs is 1. The molecule has 3 aromatic rings. The molecule has 0 atom stereocenters. The normalized spacial score (nSPS) is 9.33. The van der Waals surface area contributed by atoms with Crippen LogP contribution in [0.15, 0.2) is 59.8 Å². The van der Waals surface area contributed by atoms with Crippen LogP contribution in [-0.2, 0) is 0 Å². The van der Waals surface area contributed by atoms with Crippen LogP contribution in [0.1, 0.15) is 0 Å². The Balaban J connectivity index is 0.000000144. The van der Waals surface area contributed by atoms with Crippen LogP contribution >= 0.6 is 11.3 Å². The van der Waals surface area contributed by atoms with Crippen molar-refractivity contribution in [3.05, 3.63) is 59.8 Å². The third-order valence-corrected chi connectivity index (χ3v) is 2.42. The molecule has 0 radical (unpaired) electrons. The van der Waals surface area contributed by atoms with E-state index in [0.717, 1.165) is 0 Å². The van der Waals surface area contributed by atoms with Gasteiger partial charge < -0.3 is 0 Å². The molecule has 74 valence electrons. The van der Waals surface area contributed by atoms with Crippen molar-refractivity contribution in [3.8, 4) is 0 Å². The van der Waals surface area contributed by atoms with Crippen molar-refractivity contribution >= 4 is 22.1 Å². The third-order valence-electron chi connectivity index (χ3n) is 1.90. The van der Waals surface area contributed by atoms with Gasteiger partial charge in [0.2, 0.25) is 0 Å². The van der Waals surface area contributed by atoms with Gasteiger partial charge in [0.1, 0.15) is 0 Å². The van der Waals surface area contributed by atoms with E-state index in [1.54, 1.807) is 23.0 Å². The Morgan fingerprint density at radius 1 is 0.867 bits per heavy atom. The van der Waals surface area contributed by atoms with Gasteiger partial charge in [0, 0.05) is 24.0 Å². The van der Waals surface area contributed by atoms with E-state index in [9.17, 15) is 0 Å². The largest absolute Gasteiger partial charge is 0.264 e. The van der Waals surface area contributed by atoms with E-state index in [0.29, 0.717) is 0 Å². The molecular formula is C12H10N2S. The number of hydrogen-bond donors (Lipinski definition) is 0. The average Bonchev–Trinajstić information content (AvgIpc) is 2.88. The maximum atomic E-state index is 4.01. The first-order valence-corrected chi connectivity index (χ1v) is 5.52. The molecule has 0 fully saturated rings. The van der Waals surface area contributed by atoms with Gasteiger partial charge in [0.15, 0.2) is 0 Å². The number of aromatic nitrogens is 2. The van der Waals surface area contributed by atoms with E-state index < -0.39 is 0 Å². The molecule has 2 aromatic heterocycles. The number of thiazole rings is 1. The second-order valence-corrected chi connectivity index (χ2v) is 3.65. The highest BCUT2D eigenvalue weighted by Crippen LogP contribution is 2.09. The van der Waals surface area contributed by atoms with Gasteiger partial charge in [-0.15, -0.1) is 11.3 Å². The molecule has 3 heteroatoms. The van der Waals surface area contributed by atoms with Crippen molar-refractivity contribution < 1.29 is 0 Å². The molecule has 2 nitrogen and oxygen atoms in total. The van der Waals surface area contributed by atoms with Crippen molar-refractivity contribution in [1.29, 1.82) is 0 Å². The smallest absolute Gasteiger partial charge is 0.0791 e. The van der Waals surface area contributed by atoms with Crippen LogP contribution in [0.3, 0.4) is 0 Å². The fourth-order valence-corrected chi connectivity index (χ4v) is 1.55. The van der Waals surface area contributed by atoms with Crippen molar-refractivity contribution in [2.75, 3.05) is 0 Å². The summed E-state index contributed by atoms with van der Waals surface area (Å²) in [6, 6.07) is 10.2. The van der Waals surface area contributed by atoms with Gasteiger partial charge in [0.05, 0.1) is 5.51 Å². The lowest BCUT2D eigenvalue weighted by Gasteiger charge is -1.91. The Hall–Kier alpha value is -1.74. The lowest BCUT2D eigenvalue weighted by atomic mass is 10.2. The van der Waals surface area contributed by atoms with Crippen molar-refractivity contribution in [2.45, 2.75) is 0 Å². The molecular weight excluding hydrogens is 204 g/mol. The molecule has 0 spiro atoms. The maximum Gasteiger partial charge on any atom is 0.0791 e. The molecule has 0 saturated carbocycles. The molecule has 3 rings (SSSR count). The Bertz CT molecular complexity index is 423. The van der Waals surface area contributed by atoms with Crippen LogP contribution in [0.2, 0.25) is 0 Å². The topological polar surface area (TPSA) is 25.8 Å². The van der Waals surface area contributed by atoms with Gasteiger partial charge in [-0.2, -0.15) is 0 Å². The molecule has 0 aliphatic carbocycles. The minimum Gasteiger partial charge on any atom is -0.264 e. The zero-order chi connectivity index (χ0) is 10.3. The summed E-state index contributed by atoms with van der Waals surface area (Å²) in [5, 5.41) is 4.38. The summed E-state index contributed by atoms with van der Waals surface area (Å²) in [6.07, 6.45) is 5.45. The lowest BCUT2D eigenvalue weighted by molar-refractivity contribution is 1.36. The third kappa shape index (κ3) is 2.86. The molecule has 15 heavy (non-hydrogen) atoms. The van der Waals surface area contributed by atoms with Crippen LogP contribution in [0, 0.1) is 0 Å². The first kappa shape index (κ1) is 9.80. The first-order chi connectivity index (χ1) is 7.47. The minimum atomic E-state index is 1.20. The first-order valence-electron chi connectivity index (χ1n) is 4.58. The predicted octanol–water partition coefficient (Wildman–Crippen LogP) is 3.38. The standard InChI is InChI=1S/C9H7N.C3H3NS/c1-2-4-9-7-10-6-5-8(9)3-1;1-2-5-3-4-1/h1-7H;1-3H. The molecule has 0 unspecified atom stereocenters. The number of hydrogen-bond acceptors (Lipinski definition) is 3. The fraction of sp³-hybridized carbons (Fsp3) is 0. The Morgan fingerprint density at radius 3 is 2.33 bits per heavy atom. The quantitative estimate of drug-likeness (QED) is 0.573. The summed E-state index contributed by atoms with van der Waals surface area (Å²) in [5.74, 6) is 0. The summed E-state index contributed by atoms with van der Waals surface area (Å²) < 4.78 is 0. The highest BCUT2D eigenvalue weighted by atomic mass is 32.1. The van der Waals surface area contributed by atoms with Crippen molar-refractivity contribution in [3.63, 3.8) is 0 Å². The Labute approximate surface area is 92.3 Å².